The third-order valence-corrected chi connectivity index (χ3v) is 1.86. The first-order valence-corrected chi connectivity index (χ1v) is 3.80. The van der Waals surface area contributed by atoms with Gasteiger partial charge >= 0.3 is 0 Å². The van der Waals surface area contributed by atoms with Gasteiger partial charge in [0.15, 0.2) is 0 Å². The van der Waals surface area contributed by atoms with Crippen LogP contribution in [0.15, 0.2) is 0 Å². The largest absolute Gasteiger partial charge is 0.392 e. The maximum absolute atomic E-state index is 9.23. The van der Waals surface area contributed by atoms with Crippen molar-refractivity contribution in [3.63, 3.8) is 0 Å². The quantitative estimate of drug-likeness (QED) is 0.587. The van der Waals surface area contributed by atoms with Crippen molar-refractivity contribution in [2.24, 2.45) is 0 Å². The second-order valence-corrected chi connectivity index (χ2v) is 3.23. The summed E-state index contributed by atoms with van der Waals surface area (Å²) >= 11 is 0. The molecule has 0 aliphatic rings. The van der Waals surface area contributed by atoms with E-state index in [1.165, 1.54) is 0 Å². The molecule has 0 spiro atoms. The molecular formula is C8H16N2O. The highest BCUT2D eigenvalue weighted by molar-refractivity contribution is 4.84. The summed E-state index contributed by atoms with van der Waals surface area (Å²) in [4.78, 5) is 0. The first-order chi connectivity index (χ1) is 5.00. The number of nitrogens with one attached hydrogen (secondary N) is 1. The molecule has 0 aliphatic carbocycles. The number of hydrogen-bond donors (Lipinski definition) is 2. The van der Waals surface area contributed by atoms with E-state index < -0.39 is 6.10 Å². The van der Waals surface area contributed by atoms with Gasteiger partial charge in [-0.05, 0) is 20.8 Å². The molecule has 2 N–H and O–H groups in total. The van der Waals surface area contributed by atoms with Crippen LogP contribution in [0.3, 0.4) is 0 Å². The van der Waals surface area contributed by atoms with Gasteiger partial charge in [-0.25, -0.2) is 0 Å². The normalized spacial score (nSPS) is 14.1. The van der Waals surface area contributed by atoms with Crippen LogP contribution in [-0.2, 0) is 0 Å². The van der Waals surface area contributed by atoms with E-state index in [4.69, 9.17) is 5.26 Å². The summed E-state index contributed by atoms with van der Waals surface area (Å²) in [5, 5.41) is 20.6. The van der Waals surface area contributed by atoms with Gasteiger partial charge in [-0.3, -0.25) is 0 Å². The summed E-state index contributed by atoms with van der Waals surface area (Å²) in [5.41, 5.74) is -0.295. The Bertz CT molecular complexity index is 147. The lowest BCUT2D eigenvalue weighted by molar-refractivity contribution is 0.0975. The Morgan fingerprint density at radius 3 is 2.55 bits per heavy atom. The molecule has 0 heterocycles. The first kappa shape index (κ1) is 10.4. The van der Waals surface area contributed by atoms with E-state index in [-0.39, 0.29) is 5.54 Å². The molecule has 0 saturated heterocycles. The molecule has 1 atom stereocenters. The van der Waals surface area contributed by atoms with Crippen molar-refractivity contribution in [3.05, 3.63) is 0 Å². The Morgan fingerprint density at radius 2 is 2.18 bits per heavy atom. The molecule has 3 nitrogen and oxygen atoms in total. The lowest BCUT2D eigenvalue weighted by Gasteiger charge is -2.28. The zero-order valence-corrected chi connectivity index (χ0v) is 7.39. The van der Waals surface area contributed by atoms with Gasteiger partial charge in [-0.2, -0.15) is 5.26 Å². The SMILES string of the molecule is CC(O)C(C)(C)NCCC#N. The van der Waals surface area contributed by atoms with Gasteiger partial charge < -0.3 is 10.4 Å². The number of aliphatic hydroxyl groups excluding tert-OH is 1. The van der Waals surface area contributed by atoms with Crippen LogP contribution in [0.5, 0.6) is 0 Å². The Morgan fingerprint density at radius 1 is 1.64 bits per heavy atom. The molecular weight excluding hydrogens is 140 g/mol. The molecule has 3 heteroatoms. The standard InChI is InChI=1S/C8H16N2O/c1-7(11)8(2,3)10-6-4-5-9/h7,10-11H,4,6H2,1-3H3. The van der Waals surface area contributed by atoms with Crippen LogP contribution in [0.25, 0.3) is 0 Å². The second kappa shape index (κ2) is 4.32. The van der Waals surface area contributed by atoms with Gasteiger partial charge in [0.2, 0.25) is 0 Å². The summed E-state index contributed by atoms with van der Waals surface area (Å²) < 4.78 is 0. The van der Waals surface area contributed by atoms with E-state index in [1.54, 1.807) is 6.92 Å². The molecule has 0 aromatic rings. The molecule has 0 rings (SSSR count). The highest BCUT2D eigenvalue weighted by atomic mass is 16.3. The van der Waals surface area contributed by atoms with E-state index in [0.29, 0.717) is 13.0 Å². The van der Waals surface area contributed by atoms with Gasteiger partial charge in [0.25, 0.3) is 0 Å². The van der Waals surface area contributed by atoms with Crippen LogP contribution < -0.4 is 5.32 Å². The van der Waals surface area contributed by atoms with Crippen LogP contribution in [0.4, 0.5) is 0 Å². The minimum absolute atomic E-state index is 0.295. The molecule has 64 valence electrons. The van der Waals surface area contributed by atoms with Gasteiger partial charge in [0.1, 0.15) is 0 Å². The van der Waals surface area contributed by atoms with Crippen molar-refractivity contribution in [2.45, 2.75) is 38.8 Å². The maximum atomic E-state index is 9.23. The van der Waals surface area contributed by atoms with Crippen LogP contribution in [0.1, 0.15) is 27.2 Å². The molecule has 0 aliphatic heterocycles. The third-order valence-electron chi connectivity index (χ3n) is 1.86. The zero-order chi connectivity index (χ0) is 8.91. The van der Waals surface area contributed by atoms with Crippen molar-refractivity contribution in [2.75, 3.05) is 6.54 Å². The van der Waals surface area contributed by atoms with Crippen molar-refractivity contribution < 1.29 is 5.11 Å². The fourth-order valence-corrected chi connectivity index (χ4v) is 0.588. The smallest absolute Gasteiger partial charge is 0.0688 e. The summed E-state index contributed by atoms with van der Waals surface area (Å²) in [6.45, 7) is 6.19. The Kier molecular flexibility index (Phi) is 4.09. The fraction of sp³-hybridized carbons (Fsp3) is 0.875. The monoisotopic (exact) mass is 156 g/mol. The predicted octanol–water partition coefficient (Wildman–Crippen LogP) is 0.649. The summed E-state index contributed by atoms with van der Waals surface area (Å²) in [7, 11) is 0. The van der Waals surface area contributed by atoms with Crippen molar-refractivity contribution in [1.82, 2.24) is 5.32 Å². The lowest BCUT2D eigenvalue weighted by Crippen LogP contribution is -2.48. The molecule has 0 bridgehead atoms. The molecule has 0 radical (unpaired) electrons. The average Bonchev–Trinajstić information content (AvgIpc) is 1.88. The van der Waals surface area contributed by atoms with Gasteiger partial charge in [0, 0.05) is 18.5 Å². The number of aliphatic hydroxyl groups is 1. The maximum Gasteiger partial charge on any atom is 0.0688 e. The van der Waals surface area contributed by atoms with Crippen molar-refractivity contribution in [3.8, 4) is 6.07 Å². The van der Waals surface area contributed by atoms with Crippen LogP contribution in [-0.4, -0.2) is 23.3 Å². The van der Waals surface area contributed by atoms with Crippen LogP contribution in [0, 0.1) is 11.3 Å². The van der Waals surface area contributed by atoms with E-state index in [2.05, 4.69) is 5.32 Å². The third kappa shape index (κ3) is 3.97. The Hall–Kier alpha value is -0.590. The van der Waals surface area contributed by atoms with Crippen LogP contribution >= 0.6 is 0 Å². The molecule has 0 saturated carbocycles. The number of rotatable bonds is 4. The Labute approximate surface area is 68.0 Å². The molecule has 0 amide bonds. The summed E-state index contributed by atoms with van der Waals surface area (Å²) in [6, 6.07) is 2.04. The number of nitriles is 1. The highest BCUT2D eigenvalue weighted by Crippen LogP contribution is 2.07. The van der Waals surface area contributed by atoms with E-state index in [0.717, 1.165) is 0 Å². The van der Waals surface area contributed by atoms with E-state index >= 15 is 0 Å². The van der Waals surface area contributed by atoms with Gasteiger partial charge in [-0.15, -0.1) is 0 Å². The van der Waals surface area contributed by atoms with Gasteiger partial charge in [0.05, 0.1) is 12.2 Å². The van der Waals surface area contributed by atoms with Crippen molar-refractivity contribution >= 4 is 0 Å². The topological polar surface area (TPSA) is 56.0 Å². The molecule has 11 heavy (non-hydrogen) atoms. The van der Waals surface area contributed by atoms with Crippen molar-refractivity contribution in [1.29, 1.82) is 5.26 Å². The zero-order valence-electron chi connectivity index (χ0n) is 7.39. The molecule has 0 aromatic heterocycles. The molecule has 0 aromatic carbocycles. The first-order valence-electron chi connectivity index (χ1n) is 3.80. The number of nitrogens with zero attached hydrogens (tertiary/aromatic N) is 1. The minimum Gasteiger partial charge on any atom is -0.392 e. The fourth-order valence-electron chi connectivity index (χ4n) is 0.588. The minimum atomic E-state index is -0.402. The van der Waals surface area contributed by atoms with Gasteiger partial charge in [-0.1, -0.05) is 0 Å². The number of hydrogen-bond acceptors (Lipinski definition) is 3. The summed E-state index contributed by atoms with van der Waals surface area (Å²) in [5.74, 6) is 0. The predicted molar refractivity (Wildman–Crippen MR) is 44.0 cm³/mol. The summed E-state index contributed by atoms with van der Waals surface area (Å²) in [6.07, 6.45) is 0.0806. The molecule has 0 fully saturated rings. The van der Waals surface area contributed by atoms with E-state index in [9.17, 15) is 5.11 Å². The lowest BCUT2D eigenvalue weighted by atomic mass is 9.99. The second-order valence-electron chi connectivity index (χ2n) is 3.23. The Balaban J connectivity index is 3.66. The molecule has 1 unspecified atom stereocenters. The average molecular weight is 156 g/mol. The van der Waals surface area contributed by atoms with Crippen LogP contribution in [0.2, 0.25) is 0 Å². The highest BCUT2D eigenvalue weighted by Gasteiger charge is 2.22. The van der Waals surface area contributed by atoms with E-state index in [1.807, 2.05) is 19.9 Å².